The Hall–Kier alpha value is -3.68. The molecule has 0 aliphatic carbocycles. The van der Waals surface area contributed by atoms with Gasteiger partial charge in [-0.25, -0.2) is 13.9 Å². The Bertz CT molecular complexity index is 1060. The number of rotatable bonds is 8. The Morgan fingerprint density at radius 1 is 1.16 bits per heavy atom. The number of ether oxygens (including phenoxy) is 2. The number of halogens is 1. The zero-order chi connectivity index (χ0) is 22.4. The molecule has 7 nitrogen and oxygen atoms in total. The van der Waals surface area contributed by atoms with Crippen LogP contribution in [0.5, 0.6) is 5.75 Å². The van der Waals surface area contributed by atoms with Gasteiger partial charge in [-0.05, 0) is 42.3 Å². The molecule has 0 fully saturated rings. The Balaban J connectivity index is 1.90. The first-order valence-electron chi connectivity index (χ1n) is 9.81. The number of aromatic nitrogens is 2. The number of methoxy groups -OCH3 is 1. The molecule has 8 heteroatoms. The highest BCUT2D eigenvalue weighted by molar-refractivity contribution is 5.97. The van der Waals surface area contributed by atoms with Gasteiger partial charge in [-0.3, -0.25) is 4.79 Å². The molecule has 1 heterocycles. The van der Waals surface area contributed by atoms with Crippen LogP contribution in [0, 0.1) is 11.7 Å². The molecule has 162 valence electrons. The summed E-state index contributed by atoms with van der Waals surface area (Å²) in [6.07, 6.45) is 1.50. The Morgan fingerprint density at radius 2 is 1.90 bits per heavy atom. The molecule has 0 bridgehead atoms. The van der Waals surface area contributed by atoms with Gasteiger partial charge in [-0.1, -0.05) is 26.0 Å². The van der Waals surface area contributed by atoms with E-state index in [4.69, 9.17) is 9.47 Å². The number of benzene rings is 2. The molecule has 0 aliphatic heterocycles. The molecule has 0 saturated carbocycles. The highest BCUT2D eigenvalue weighted by Gasteiger charge is 2.21. The standard InChI is InChI=1S/C23H24FN3O4/c1-15(2)12-25-21(28)14-31-23(29)20-13-27(18-9-7-17(24)8-10-18)26-22(20)16-5-4-6-19(11-16)30-3/h4-11,13,15H,12,14H2,1-3H3,(H,25,28). The summed E-state index contributed by atoms with van der Waals surface area (Å²) in [6, 6.07) is 12.8. The lowest BCUT2D eigenvalue weighted by atomic mass is 10.1. The maximum absolute atomic E-state index is 13.3. The van der Waals surface area contributed by atoms with E-state index in [0.717, 1.165) is 0 Å². The molecule has 0 radical (unpaired) electrons. The molecule has 0 saturated heterocycles. The van der Waals surface area contributed by atoms with Crippen LogP contribution in [-0.2, 0) is 9.53 Å². The van der Waals surface area contributed by atoms with E-state index in [-0.39, 0.29) is 23.2 Å². The number of nitrogens with zero attached hydrogens (tertiary/aromatic N) is 2. The van der Waals surface area contributed by atoms with Gasteiger partial charge in [0.1, 0.15) is 22.8 Å². The van der Waals surface area contributed by atoms with E-state index in [0.29, 0.717) is 29.2 Å². The Morgan fingerprint density at radius 3 is 2.58 bits per heavy atom. The van der Waals surface area contributed by atoms with Crippen molar-refractivity contribution in [2.75, 3.05) is 20.3 Å². The first kappa shape index (κ1) is 22.0. The number of esters is 1. The molecule has 3 rings (SSSR count). The van der Waals surface area contributed by atoms with Crippen LogP contribution in [-0.4, -0.2) is 41.9 Å². The maximum Gasteiger partial charge on any atom is 0.342 e. The molecule has 31 heavy (non-hydrogen) atoms. The second-order valence-electron chi connectivity index (χ2n) is 7.32. The molecule has 1 N–H and O–H groups in total. The lowest BCUT2D eigenvalue weighted by Gasteiger charge is -2.08. The number of nitrogens with one attached hydrogen (secondary N) is 1. The third kappa shape index (κ3) is 5.69. The minimum atomic E-state index is -0.689. The summed E-state index contributed by atoms with van der Waals surface area (Å²) >= 11 is 0. The second kappa shape index (κ2) is 9.88. The van der Waals surface area contributed by atoms with Crippen molar-refractivity contribution in [2.45, 2.75) is 13.8 Å². The lowest BCUT2D eigenvalue weighted by Crippen LogP contribution is -2.31. The molecule has 0 aliphatic rings. The molecule has 0 spiro atoms. The van der Waals surface area contributed by atoms with Gasteiger partial charge in [0.2, 0.25) is 0 Å². The second-order valence-corrected chi connectivity index (χ2v) is 7.32. The van der Waals surface area contributed by atoms with Gasteiger partial charge in [-0.2, -0.15) is 5.10 Å². The number of hydrogen-bond acceptors (Lipinski definition) is 5. The minimum Gasteiger partial charge on any atom is -0.497 e. The molecule has 1 amide bonds. The van der Waals surface area contributed by atoms with E-state index in [1.165, 1.54) is 23.0 Å². The summed E-state index contributed by atoms with van der Waals surface area (Å²) in [4.78, 5) is 24.7. The first-order chi connectivity index (χ1) is 14.9. The van der Waals surface area contributed by atoms with E-state index in [9.17, 15) is 14.0 Å². The predicted octanol–water partition coefficient (Wildman–Crippen LogP) is 3.62. The average molecular weight is 425 g/mol. The Labute approximate surface area is 179 Å². The van der Waals surface area contributed by atoms with Gasteiger partial charge in [-0.15, -0.1) is 0 Å². The van der Waals surface area contributed by atoms with Crippen molar-refractivity contribution in [3.8, 4) is 22.7 Å². The van der Waals surface area contributed by atoms with Crippen molar-refractivity contribution >= 4 is 11.9 Å². The molecule has 3 aromatic rings. The van der Waals surface area contributed by atoms with E-state index in [2.05, 4.69) is 10.4 Å². The molecule has 0 atom stereocenters. The van der Waals surface area contributed by atoms with Gasteiger partial charge in [0.05, 0.1) is 12.8 Å². The highest BCUT2D eigenvalue weighted by Crippen LogP contribution is 2.27. The zero-order valence-electron chi connectivity index (χ0n) is 17.6. The summed E-state index contributed by atoms with van der Waals surface area (Å²) < 4.78 is 25.2. The van der Waals surface area contributed by atoms with Crippen molar-refractivity contribution in [2.24, 2.45) is 5.92 Å². The number of carbonyl (C=O) groups is 2. The first-order valence-corrected chi connectivity index (χ1v) is 9.81. The van der Waals surface area contributed by atoms with Crippen LogP contribution in [0.3, 0.4) is 0 Å². The third-order valence-corrected chi connectivity index (χ3v) is 4.41. The molecular weight excluding hydrogens is 401 g/mol. The summed E-state index contributed by atoms with van der Waals surface area (Å²) in [6.45, 7) is 4.03. The van der Waals surface area contributed by atoms with Crippen molar-refractivity contribution in [3.63, 3.8) is 0 Å². The van der Waals surface area contributed by atoms with Crippen molar-refractivity contribution in [3.05, 3.63) is 66.1 Å². The van der Waals surface area contributed by atoms with Crippen LogP contribution in [0.25, 0.3) is 16.9 Å². The predicted molar refractivity (Wildman–Crippen MR) is 114 cm³/mol. The maximum atomic E-state index is 13.3. The third-order valence-electron chi connectivity index (χ3n) is 4.41. The Kier molecular flexibility index (Phi) is 7.02. The smallest absolute Gasteiger partial charge is 0.342 e. The lowest BCUT2D eigenvalue weighted by molar-refractivity contribution is -0.124. The van der Waals surface area contributed by atoms with E-state index in [1.54, 1.807) is 43.5 Å². The summed E-state index contributed by atoms with van der Waals surface area (Å²) in [7, 11) is 1.54. The monoisotopic (exact) mass is 425 g/mol. The highest BCUT2D eigenvalue weighted by atomic mass is 19.1. The van der Waals surface area contributed by atoms with Crippen molar-refractivity contribution < 1.29 is 23.5 Å². The van der Waals surface area contributed by atoms with Crippen molar-refractivity contribution in [1.82, 2.24) is 15.1 Å². The fourth-order valence-corrected chi connectivity index (χ4v) is 2.81. The number of hydrogen-bond donors (Lipinski definition) is 1. The quantitative estimate of drug-likeness (QED) is 0.558. The average Bonchev–Trinajstić information content (AvgIpc) is 3.22. The van der Waals surface area contributed by atoms with E-state index in [1.807, 2.05) is 13.8 Å². The van der Waals surface area contributed by atoms with Crippen molar-refractivity contribution in [1.29, 1.82) is 0 Å². The van der Waals surface area contributed by atoms with Gasteiger partial charge in [0.25, 0.3) is 5.91 Å². The van der Waals surface area contributed by atoms with E-state index < -0.39 is 12.6 Å². The summed E-state index contributed by atoms with van der Waals surface area (Å²) in [5.74, 6) is -0.563. The largest absolute Gasteiger partial charge is 0.497 e. The molecule has 2 aromatic carbocycles. The SMILES string of the molecule is COc1cccc(-c2nn(-c3ccc(F)cc3)cc2C(=O)OCC(=O)NCC(C)C)c1. The van der Waals surface area contributed by atoms with Crippen LogP contribution in [0.15, 0.2) is 54.7 Å². The van der Waals surface area contributed by atoms with Crippen LogP contribution in [0.4, 0.5) is 4.39 Å². The fourth-order valence-electron chi connectivity index (χ4n) is 2.81. The van der Waals surface area contributed by atoms with Crippen LogP contribution in [0.1, 0.15) is 24.2 Å². The molecular formula is C23H24FN3O4. The summed E-state index contributed by atoms with van der Waals surface area (Å²) in [5, 5.41) is 7.20. The van der Waals surface area contributed by atoms with Gasteiger partial charge < -0.3 is 14.8 Å². The van der Waals surface area contributed by atoms with E-state index >= 15 is 0 Å². The minimum absolute atomic E-state index is 0.175. The van der Waals surface area contributed by atoms with Gasteiger partial charge in [0, 0.05) is 18.3 Å². The van der Waals surface area contributed by atoms with Gasteiger partial charge in [0.15, 0.2) is 6.61 Å². The zero-order valence-corrected chi connectivity index (χ0v) is 17.6. The topological polar surface area (TPSA) is 82.5 Å². The van der Waals surface area contributed by atoms with Crippen LogP contribution >= 0.6 is 0 Å². The molecule has 0 unspecified atom stereocenters. The fraction of sp³-hybridized carbons (Fsp3) is 0.261. The van der Waals surface area contributed by atoms with Crippen LogP contribution < -0.4 is 10.1 Å². The summed E-state index contributed by atoms with van der Waals surface area (Å²) in [5.41, 5.74) is 1.74. The van der Waals surface area contributed by atoms with Gasteiger partial charge >= 0.3 is 5.97 Å². The molecule has 1 aromatic heterocycles. The number of amides is 1. The normalized spacial score (nSPS) is 10.7. The number of carbonyl (C=O) groups excluding carboxylic acids is 2. The van der Waals surface area contributed by atoms with Crippen LogP contribution in [0.2, 0.25) is 0 Å².